The quantitative estimate of drug-likeness (QED) is 0.423. The molecule has 0 fully saturated rings. The van der Waals surface area contributed by atoms with Crippen molar-refractivity contribution in [2.45, 2.75) is 52.7 Å². The van der Waals surface area contributed by atoms with Gasteiger partial charge in [0.15, 0.2) is 11.5 Å². The highest BCUT2D eigenvalue weighted by Gasteiger charge is 2.23. The number of hydrogen-bond donors (Lipinski definition) is 1. The molecule has 0 spiro atoms. The second-order valence-corrected chi connectivity index (χ2v) is 9.66. The van der Waals surface area contributed by atoms with Crippen molar-refractivity contribution < 1.29 is 14.3 Å². The molecule has 2 aromatic heterocycles. The van der Waals surface area contributed by atoms with E-state index in [1.807, 2.05) is 19.9 Å². The number of nitrogens with one attached hydrogen (secondary N) is 1. The zero-order valence-electron chi connectivity index (χ0n) is 19.3. The number of aromatic nitrogens is 2. The fourth-order valence-corrected chi connectivity index (χ4v) is 5.30. The maximum absolute atomic E-state index is 13.0. The Kier molecular flexibility index (Phi) is 6.78. The molecule has 1 atom stereocenters. The zero-order valence-corrected chi connectivity index (χ0v) is 20.1. The maximum atomic E-state index is 13.0. The average molecular weight is 469 g/mol. The van der Waals surface area contributed by atoms with Crippen LogP contribution in [0.25, 0.3) is 10.2 Å². The molecule has 1 amide bonds. The third-order valence-electron chi connectivity index (χ3n) is 5.55. The van der Waals surface area contributed by atoms with Crippen LogP contribution in [0.1, 0.15) is 43.2 Å². The molecule has 0 saturated carbocycles. The number of methoxy groups -OCH3 is 1. The summed E-state index contributed by atoms with van der Waals surface area (Å²) in [5.41, 5.74) is 4.15. The maximum Gasteiger partial charge on any atom is 0.262 e. The second-order valence-electron chi connectivity index (χ2n) is 8.58. The number of hydrogen-bond acceptors (Lipinski definition) is 7. The lowest BCUT2D eigenvalue weighted by molar-refractivity contribution is -0.121. The number of thiophene rings is 1. The van der Waals surface area contributed by atoms with Gasteiger partial charge in [-0.3, -0.25) is 14.2 Å². The van der Waals surface area contributed by atoms with Gasteiger partial charge in [-0.1, -0.05) is 6.92 Å². The molecule has 33 heavy (non-hydrogen) atoms. The Morgan fingerprint density at radius 3 is 2.97 bits per heavy atom. The van der Waals surface area contributed by atoms with Crippen molar-refractivity contribution in [2.75, 3.05) is 7.11 Å². The van der Waals surface area contributed by atoms with Crippen molar-refractivity contribution in [3.63, 3.8) is 0 Å². The smallest absolute Gasteiger partial charge is 0.262 e. The van der Waals surface area contributed by atoms with Crippen LogP contribution in [0.4, 0.5) is 0 Å². The van der Waals surface area contributed by atoms with Gasteiger partial charge in [0.05, 0.1) is 31.1 Å². The number of nitrogens with zero attached hydrogens (tertiary/aromatic N) is 3. The SMILES string of the molecule is COc1cc(/C=N\NC(=O)Cn2cnc3sc4c(c3c2=O)CC[C@H](C)C4)ccc1OC(C)C. The largest absolute Gasteiger partial charge is 0.493 e. The summed E-state index contributed by atoms with van der Waals surface area (Å²) in [7, 11) is 1.57. The van der Waals surface area contributed by atoms with E-state index < -0.39 is 5.91 Å². The number of aryl methyl sites for hydroxylation is 1. The number of carbonyl (C=O) groups excluding carboxylic acids is 1. The van der Waals surface area contributed by atoms with Crippen LogP contribution in [0.2, 0.25) is 0 Å². The van der Waals surface area contributed by atoms with Gasteiger partial charge >= 0.3 is 0 Å². The van der Waals surface area contributed by atoms with Gasteiger partial charge in [0.2, 0.25) is 0 Å². The average Bonchev–Trinajstić information content (AvgIpc) is 3.14. The third kappa shape index (κ3) is 5.08. The molecule has 174 valence electrons. The fourth-order valence-electron chi connectivity index (χ4n) is 3.96. The standard InChI is InChI=1S/C24H28N4O4S/c1-14(2)32-18-8-6-16(10-19(18)31-4)11-26-27-21(29)12-28-13-25-23-22(24(28)30)17-7-5-15(3)9-20(17)33-23/h6,8,10-11,13-15H,5,7,9,12H2,1-4H3,(H,27,29)/b26-11-/t15-/m0/s1. The van der Waals surface area contributed by atoms with Crippen LogP contribution in [0.5, 0.6) is 11.5 Å². The van der Waals surface area contributed by atoms with Crippen molar-refractivity contribution in [2.24, 2.45) is 11.0 Å². The lowest BCUT2D eigenvalue weighted by atomic mass is 9.89. The molecule has 1 N–H and O–H groups in total. The van der Waals surface area contributed by atoms with Gasteiger partial charge in [-0.15, -0.1) is 11.3 Å². The van der Waals surface area contributed by atoms with Crippen molar-refractivity contribution in [1.29, 1.82) is 0 Å². The van der Waals surface area contributed by atoms with Crippen LogP contribution in [0.15, 0.2) is 34.4 Å². The van der Waals surface area contributed by atoms with Crippen LogP contribution in [-0.2, 0) is 24.2 Å². The summed E-state index contributed by atoms with van der Waals surface area (Å²) in [5, 5.41) is 4.67. The molecule has 4 rings (SSSR count). The van der Waals surface area contributed by atoms with Gasteiger partial charge in [-0.2, -0.15) is 5.10 Å². The van der Waals surface area contributed by atoms with Gasteiger partial charge in [-0.25, -0.2) is 10.4 Å². The Hall–Kier alpha value is -3.20. The van der Waals surface area contributed by atoms with Crippen LogP contribution < -0.4 is 20.5 Å². The van der Waals surface area contributed by atoms with E-state index >= 15 is 0 Å². The summed E-state index contributed by atoms with van der Waals surface area (Å²) in [4.78, 5) is 31.9. The second kappa shape index (κ2) is 9.74. The van der Waals surface area contributed by atoms with Crippen LogP contribution >= 0.6 is 11.3 Å². The summed E-state index contributed by atoms with van der Waals surface area (Å²) >= 11 is 1.60. The summed E-state index contributed by atoms with van der Waals surface area (Å²) in [5.74, 6) is 1.44. The van der Waals surface area contributed by atoms with Crippen molar-refractivity contribution in [3.05, 3.63) is 50.9 Å². The summed E-state index contributed by atoms with van der Waals surface area (Å²) < 4.78 is 12.4. The Labute approximate surface area is 196 Å². The zero-order chi connectivity index (χ0) is 23.5. The molecule has 0 unspecified atom stereocenters. The number of hydrazone groups is 1. The summed E-state index contributed by atoms with van der Waals surface area (Å²) in [6.07, 6.45) is 5.92. The van der Waals surface area contributed by atoms with E-state index in [1.54, 1.807) is 30.6 Å². The lowest BCUT2D eigenvalue weighted by Gasteiger charge is -2.17. The first-order valence-corrected chi connectivity index (χ1v) is 11.8. The fraction of sp³-hybridized carbons (Fsp3) is 0.417. The van der Waals surface area contributed by atoms with E-state index in [0.717, 1.165) is 35.2 Å². The Morgan fingerprint density at radius 1 is 1.39 bits per heavy atom. The first-order chi connectivity index (χ1) is 15.9. The number of carbonyl (C=O) groups is 1. The third-order valence-corrected chi connectivity index (χ3v) is 6.71. The minimum Gasteiger partial charge on any atom is -0.493 e. The van der Waals surface area contributed by atoms with Crippen LogP contribution in [-0.4, -0.2) is 34.9 Å². The molecule has 2 heterocycles. The highest BCUT2D eigenvalue weighted by Crippen LogP contribution is 2.35. The molecule has 0 saturated heterocycles. The number of rotatable bonds is 7. The van der Waals surface area contributed by atoms with Gasteiger partial charge in [0.1, 0.15) is 11.4 Å². The highest BCUT2D eigenvalue weighted by atomic mass is 32.1. The molecular weight excluding hydrogens is 440 g/mol. The van der Waals surface area contributed by atoms with E-state index in [9.17, 15) is 9.59 Å². The minimum atomic E-state index is -0.404. The van der Waals surface area contributed by atoms with E-state index in [4.69, 9.17) is 9.47 Å². The predicted octanol–water partition coefficient (Wildman–Crippen LogP) is 3.53. The first-order valence-electron chi connectivity index (χ1n) is 11.0. The Morgan fingerprint density at radius 2 is 2.21 bits per heavy atom. The topological polar surface area (TPSA) is 94.8 Å². The van der Waals surface area contributed by atoms with Gasteiger partial charge < -0.3 is 9.47 Å². The number of benzene rings is 1. The molecular formula is C24H28N4O4S. The highest BCUT2D eigenvalue weighted by molar-refractivity contribution is 7.18. The first kappa shape index (κ1) is 23.0. The van der Waals surface area contributed by atoms with Crippen LogP contribution in [0, 0.1) is 5.92 Å². The lowest BCUT2D eigenvalue weighted by Crippen LogP contribution is -2.30. The normalized spacial score (nSPS) is 15.7. The van der Waals surface area contributed by atoms with E-state index in [-0.39, 0.29) is 18.2 Å². The number of ether oxygens (including phenoxy) is 2. The van der Waals surface area contributed by atoms with Crippen molar-refractivity contribution >= 4 is 33.7 Å². The molecule has 0 aliphatic heterocycles. The monoisotopic (exact) mass is 468 g/mol. The number of fused-ring (bicyclic) bond motifs is 3. The minimum absolute atomic E-state index is 0.0259. The number of amides is 1. The van der Waals surface area contributed by atoms with Crippen molar-refractivity contribution in [3.8, 4) is 11.5 Å². The van der Waals surface area contributed by atoms with Crippen molar-refractivity contribution in [1.82, 2.24) is 15.0 Å². The molecule has 1 aromatic carbocycles. The molecule has 1 aliphatic rings. The summed E-state index contributed by atoms with van der Waals surface area (Å²) in [6, 6.07) is 5.39. The van der Waals surface area contributed by atoms with E-state index in [1.165, 1.54) is 22.0 Å². The molecule has 9 heteroatoms. The van der Waals surface area contributed by atoms with E-state index in [2.05, 4.69) is 22.4 Å². The molecule has 8 nitrogen and oxygen atoms in total. The predicted molar refractivity (Wildman–Crippen MR) is 130 cm³/mol. The molecule has 0 bridgehead atoms. The Balaban J connectivity index is 1.44. The van der Waals surface area contributed by atoms with Gasteiger partial charge in [0.25, 0.3) is 11.5 Å². The Bertz CT molecular complexity index is 1260. The van der Waals surface area contributed by atoms with Crippen LogP contribution in [0.3, 0.4) is 0 Å². The molecule has 0 radical (unpaired) electrons. The summed E-state index contributed by atoms with van der Waals surface area (Å²) in [6.45, 7) is 5.96. The molecule has 3 aromatic rings. The van der Waals surface area contributed by atoms with Gasteiger partial charge in [-0.05, 0) is 68.4 Å². The van der Waals surface area contributed by atoms with Gasteiger partial charge in [0, 0.05) is 4.88 Å². The molecule has 1 aliphatic carbocycles. The van der Waals surface area contributed by atoms with E-state index in [0.29, 0.717) is 22.8 Å².